The largest absolute Gasteiger partial charge is 0.391 e. The fourth-order valence-corrected chi connectivity index (χ4v) is 2.58. The Hall–Kier alpha value is -0.610. The van der Waals surface area contributed by atoms with Gasteiger partial charge in [0.15, 0.2) is 0 Å². The number of nitrogens with one attached hydrogen (secondary N) is 1. The quantitative estimate of drug-likeness (QED) is 0.734. The summed E-state index contributed by atoms with van der Waals surface area (Å²) in [5, 5.41) is 12.7. The molecule has 4 heteroatoms. The number of rotatable bonds is 2. The third-order valence-corrected chi connectivity index (χ3v) is 3.70. The molecular weight excluding hydrogens is 206 g/mol. The Balaban J connectivity index is 1.86. The number of aliphatic hydroxyl groups is 1. The number of hydrogen-bond acceptors (Lipinski definition) is 3. The van der Waals surface area contributed by atoms with Crippen LogP contribution in [0.5, 0.6) is 0 Å². The molecule has 1 amide bonds. The average Bonchev–Trinajstić information content (AvgIpc) is 2.68. The minimum absolute atomic E-state index is 0.0454. The van der Waals surface area contributed by atoms with Gasteiger partial charge in [0.2, 0.25) is 5.91 Å². The average molecular weight is 227 g/mol. The molecule has 0 bridgehead atoms. The van der Waals surface area contributed by atoms with Crippen LogP contribution in [0.4, 0.5) is 0 Å². The molecule has 1 saturated carbocycles. The molecule has 1 aliphatic heterocycles. The lowest BCUT2D eigenvalue weighted by molar-refractivity contribution is -0.133. The van der Waals surface area contributed by atoms with Crippen molar-refractivity contribution in [1.29, 1.82) is 0 Å². The predicted octanol–water partition coefficient (Wildman–Crippen LogP) is 0.831. The number of amides is 1. The predicted molar refractivity (Wildman–Crippen MR) is 59.9 cm³/mol. The first-order valence-electron chi connectivity index (χ1n) is 6.28. The molecule has 2 rings (SSSR count). The van der Waals surface area contributed by atoms with E-state index in [0.29, 0.717) is 12.5 Å². The van der Waals surface area contributed by atoms with Gasteiger partial charge >= 0.3 is 0 Å². The van der Waals surface area contributed by atoms with Gasteiger partial charge in [-0.3, -0.25) is 4.79 Å². The molecule has 2 fully saturated rings. The Morgan fingerprint density at radius 1 is 1.31 bits per heavy atom. The molecule has 2 aliphatic rings. The van der Waals surface area contributed by atoms with Crippen LogP contribution in [0.1, 0.15) is 39.0 Å². The zero-order valence-electron chi connectivity index (χ0n) is 9.82. The standard InChI is InChI=1S/C12H21NO3/c1-8-6-7-16-11(8)12(15)13-9-4-2-3-5-10(9)14/h8-11,14H,2-7H2,1H3,(H,13,15)/t8?,9-,10-,11?/m0/s1. The lowest BCUT2D eigenvalue weighted by atomic mass is 9.92. The molecule has 16 heavy (non-hydrogen) atoms. The lowest BCUT2D eigenvalue weighted by Gasteiger charge is -2.29. The van der Waals surface area contributed by atoms with E-state index in [0.717, 1.165) is 32.1 Å². The SMILES string of the molecule is CC1CCOC1C(=O)N[C@H]1CCCC[C@@H]1O. The molecule has 0 aromatic carbocycles. The molecule has 0 aromatic heterocycles. The fraction of sp³-hybridized carbons (Fsp3) is 0.917. The summed E-state index contributed by atoms with van der Waals surface area (Å²) in [5.74, 6) is 0.247. The van der Waals surface area contributed by atoms with Crippen molar-refractivity contribution in [2.24, 2.45) is 5.92 Å². The highest BCUT2D eigenvalue weighted by atomic mass is 16.5. The highest BCUT2D eigenvalue weighted by Gasteiger charge is 2.33. The van der Waals surface area contributed by atoms with Gasteiger partial charge in [-0.15, -0.1) is 0 Å². The number of hydrogen-bond donors (Lipinski definition) is 2. The lowest BCUT2D eigenvalue weighted by Crippen LogP contribution is -2.49. The Labute approximate surface area is 96.4 Å². The Kier molecular flexibility index (Phi) is 3.82. The second kappa shape index (κ2) is 5.15. The van der Waals surface area contributed by atoms with Gasteiger partial charge in [-0.25, -0.2) is 0 Å². The minimum atomic E-state index is -0.380. The summed E-state index contributed by atoms with van der Waals surface area (Å²) >= 11 is 0. The summed E-state index contributed by atoms with van der Waals surface area (Å²) in [6, 6.07) is -0.0716. The Bertz CT molecular complexity index is 257. The van der Waals surface area contributed by atoms with Crippen LogP contribution >= 0.6 is 0 Å². The van der Waals surface area contributed by atoms with E-state index >= 15 is 0 Å². The summed E-state index contributed by atoms with van der Waals surface area (Å²) in [4.78, 5) is 11.9. The topological polar surface area (TPSA) is 58.6 Å². The van der Waals surface area contributed by atoms with Crippen molar-refractivity contribution in [3.8, 4) is 0 Å². The van der Waals surface area contributed by atoms with Crippen molar-refractivity contribution in [2.45, 2.75) is 57.3 Å². The first kappa shape index (κ1) is 11.9. The van der Waals surface area contributed by atoms with Crippen molar-refractivity contribution in [3.05, 3.63) is 0 Å². The van der Waals surface area contributed by atoms with E-state index < -0.39 is 0 Å². The third kappa shape index (κ3) is 2.55. The summed E-state index contributed by atoms with van der Waals surface area (Å²) in [6.45, 7) is 2.71. The van der Waals surface area contributed by atoms with Crippen LogP contribution in [-0.4, -0.2) is 35.9 Å². The number of aliphatic hydroxyl groups excluding tert-OH is 1. The van der Waals surface area contributed by atoms with Gasteiger partial charge < -0.3 is 15.2 Å². The summed E-state index contributed by atoms with van der Waals surface area (Å²) in [6.07, 6.45) is 4.08. The smallest absolute Gasteiger partial charge is 0.249 e. The van der Waals surface area contributed by atoms with Gasteiger partial charge in [0, 0.05) is 6.61 Å². The summed E-state index contributed by atoms with van der Waals surface area (Å²) < 4.78 is 5.41. The second-order valence-electron chi connectivity index (χ2n) is 5.02. The van der Waals surface area contributed by atoms with E-state index in [1.165, 1.54) is 0 Å². The van der Waals surface area contributed by atoms with Gasteiger partial charge in [-0.2, -0.15) is 0 Å². The highest BCUT2D eigenvalue weighted by molar-refractivity contribution is 5.81. The number of ether oxygens (including phenoxy) is 1. The monoisotopic (exact) mass is 227 g/mol. The number of carbonyl (C=O) groups is 1. The van der Waals surface area contributed by atoms with Crippen LogP contribution in [-0.2, 0) is 9.53 Å². The van der Waals surface area contributed by atoms with Gasteiger partial charge in [0.25, 0.3) is 0 Å². The van der Waals surface area contributed by atoms with Crippen molar-refractivity contribution in [3.63, 3.8) is 0 Å². The molecule has 92 valence electrons. The minimum Gasteiger partial charge on any atom is -0.391 e. The maximum atomic E-state index is 11.9. The molecule has 0 radical (unpaired) electrons. The van der Waals surface area contributed by atoms with Crippen LogP contribution < -0.4 is 5.32 Å². The molecule has 1 saturated heterocycles. The Morgan fingerprint density at radius 3 is 2.69 bits per heavy atom. The molecule has 2 unspecified atom stereocenters. The van der Waals surface area contributed by atoms with Gasteiger partial charge in [0.1, 0.15) is 6.10 Å². The van der Waals surface area contributed by atoms with E-state index in [4.69, 9.17) is 4.74 Å². The molecule has 4 atom stereocenters. The highest BCUT2D eigenvalue weighted by Crippen LogP contribution is 2.22. The first-order chi connectivity index (χ1) is 7.68. The molecule has 2 N–H and O–H groups in total. The van der Waals surface area contributed by atoms with E-state index in [9.17, 15) is 9.90 Å². The van der Waals surface area contributed by atoms with Gasteiger partial charge in [0.05, 0.1) is 12.1 Å². The van der Waals surface area contributed by atoms with Crippen LogP contribution in [0.25, 0.3) is 0 Å². The summed E-state index contributed by atoms with van der Waals surface area (Å²) in [5.41, 5.74) is 0. The zero-order chi connectivity index (χ0) is 11.5. The number of carbonyl (C=O) groups excluding carboxylic acids is 1. The third-order valence-electron chi connectivity index (χ3n) is 3.70. The van der Waals surface area contributed by atoms with Gasteiger partial charge in [-0.05, 0) is 25.2 Å². The fourth-order valence-electron chi connectivity index (χ4n) is 2.58. The second-order valence-corrected chi connectivity index (χ2v) is 5.02. The molecular formula is C12H21NO3. The van der Waals surface area contributed by atoms with E-state index in [-0.39, 0.29) is 24.2 Å². The first-order valence-corrected chi connectivity index (χ1v) is 6.28. The van der Waals surface area contributed by atoms with E-state index in [2.05, 4.69) is 5.32 Å². The molecule has 1 aliphatic carbocycles. The summed E-state index contributed by atoms with van der Waals surface area (Å²) in [7, 11) is 0. The Morgan fingerprint density at radius 2 is 2.06 bits per heavy atom. The zero-order valence-corrected chi connectivity index (χ0v) is 9.82. The van der Waals surface area contributed by atoms with Crippen LogP contribution in [0.15, 0.2) is 0 Å². The van der Waals surface area contributed by atoms with Crippen LogP contribution in [0.2, 0.25) is 0 Å². The van der Waals surface area contributed by atoms with Crippen LogP contribution in [0.3, 0.4) is 0 Å². The molecule has 0 aromatic rings. The maximum Gasteiger partial charge on any atom is 0.249 e. The molecule has 1 heterocycles. The van der Waals surface area contributed by atoms with Crippen molar-refractivity contribution >= 4 is 5.91 Å². The van der Waals surface area contributed by atoms with Gasteiger partial charge in [-0.1, -0.05) is 19.8 Å². The van der Waals surface area contributed by atoms with E-state index in [1.807, 2.05) is 6.92 Å². The molecule has 4 nitrogen and oxygen atoms in total. The normalized spacial score (nSPS) is 39.6. The maximum absolute atomic E-state index is 11.9. The van der Waals surface area contributed by atoms with Crippen LogP contribution in [0, 0.1) is 5.92 Å². The molecule has 0 spiro atoms. The van der Waals surface area contributed by atoms with E-state index in [1.54, 1.807) is 0 Å². The van der Waals surface area contributed by atoms with Crippen molar-refractivity contribution in [1.82, 2.24) is 5.32 Å². The van der Waals surface area contributed by atoms with Crippen molar-refractivity contribution in [2.75, 3.05) is 6.61 Å². The van der Waals surface area contributed by atoms with Crippen molar-refractivity contribution < 1.29 is 14.6 Å².